The summed E-state index contributed by atoms with van der Waals surface area (Å²) in [6, 6.07) is 2.20. The van der Waals surface area contributed by atoms with Crippen LogP contribution in [0.5, 0.6) is 0 Å². The third-order valence-corrected chi connectivity index (χ3v) is 3.06. The molecule has 0 saturated heterocycles. The zero-order valence-corrected chi connectivity index (χ0v) is 8.98. The summed E-state index contributed by atoms with van der Waals surface area (Å²) in [7, 11) is 1.88. The van der Waals surface area contributed by atoms with E-state index in [4.69, 9.17) is 0 Å². The molecule has 2 heterocycles. The fraction of sp³-hybridized carbons (Fsp3) is 0.500. The van der Waals surface area contributed by atoms with Crippen molar-refractivity contribution in [3.63, 3.8) is 0 Å². The largest absolute Gasteiger partial charge is 0.393 e. The standard InChI is InChI=1S/C10H13N5O/c1-14-10(2-3-11-14)9-6-15(13-12-9)7-4-8(16)5-7/h2-3,6-8,16H,4-5H2,1H3. The molecule has 0 amide bonds. The minimum Gasteiger partial charge on any atom is -0.393 e. The van der Waals surface area contributed by atoms with E-state index in [2.05, 4.69) is 15.4 Å². The monoisotopic (exact) mass is 219 g/mol. The number of rotatable bonds is 2. The first-order chi connectivity index (χ1) is 7.74. The molecular formula is C10H13N5O. The molecule has 1 N–H and O–H groups in total. The number of hydrogen-bond donors (Lipinski definition) is 1. The molecule has 6 heteroatoms. The van der Waals surface area contributed by atoms with E-state index in [1.807, 2.05) is 24.0 Å². The van der Waals surface area contributed by atoms with Crippen molar-refractivity contribution < 1.29 is 5.11 Å². The molecule has 0 radical (unpaired) electrons. The van der Waals surface area contributed by atoms with Crippen molar-refractivity contribution in [3.05, 3.63) is 18.5 Å². The van der Waals surface area contributed by atoms with Crippen molar-refractivity contribution in [3.8, 4) is 11.4 Å². The molecule has 6 nitrogen and oxygen atoms in total. The Hall–Kier alpha value is -1.69. The van der Waals surface area contributed by atoms with Gasteiger partial charge in [0.15, 0.2) is 0 Å². The van der Waals surface area contributed by atoms with E-state index in [1.165, 1.54) is 0 Å². The fourth-order valence-corrected chi connectivity index (χ4v) is 1.97. The van der Waals surface area contributed by atoms with Crippen molar-refractivity contribution in [2.24, 2.45) is 7.05 Å². The second kappa shape index (κ2) is 3.41. The van der Waals surface area contributed by atoms with Gasteiger partial charge in [0, 0.05) is 13.2 Å². The summed E-state index contributed by atoms with van der Waals surface area (Å²) >= 11 is 0. The van der Waals surface area contributed by atoms with Gasteiger partial charge in [-0.2, -0.15) is 5.10 Å². The van der Waals surface area contributed by atoms with Gasteiger partial charge in [0.1, 0.15) is 5.69 Å². The molecule has 0 bridgehead atoms. The molecule has 2 aromatic heterocycles. The third kappa shape index (κ3) is 1.42. The summed E-state index contributed by atoms with van der Waals surface area (Å²) in [5, 5.41) is 21.5. The lowest BCUT2D eigenvalue weighted by molar-refractivity contribution is 0.0426. The van der Waals surface area contributed by atoms with Crippen LogP contribution in [0, 0.1) is 0 Å². The molecule has 3 rings (SSSR count). The molecule has 0 unspecified atom stereocenters. The lowest BCUT2D eigenvalue weighted by atomic mass is 9.90. The maximum Gasteiger partial charge on any atom is 0.131 e. The van der Waals surface area contributed by atoms with Crippen LogP contribution >= 0.6 is 0 Å². The van der Waals surface area contributed by atoms with E-state index in [0.29, 0.717) is 6.04 Å². The zero-order valence-electron chi connectivity index (χ0n) is 8.98. The van der Waals surface area contributed by atoms with E-state index >= 15 is 0 Å². The Balaban J connectivity index is 1.86. The molecule has 0 spiro atoms. The topological polar surface area (TPSA) is 68.8 Å². The third-order valence-electron chi connectivity index (χ3n) is 3.06. The Morgan fingerprint density at radius 1 is 1.44 bits per heavy atom. The van der Waals surface area contributed by atoms with Crippen LogP contribution in [0.25, 0.3) is 11.4 Å². The van der Waals surface area contributed by atoms with Gasteiger partial charge in [-0.15, -0.1) is 5.10 Å². The van der Waals surface area contributed by atoms with Gasteiger partial charge in [-0.05, 0) is 18.9 Å². The van der Waals surface area contributed by atoms with Crippen molar-refractivity contribution in [2.45, 2.75) is 25.0 Å². The molecule has 0 aromatic carbocycles. The van der Waals surface area contributed by atoms with E-state index in [1.54, 1.807) is 10.9 Å². The summed E-state index contributed by atoms with van der Waals surface area (Å²) in [5.41, 5.74) is 1.77. The maximum atomic E-state index is 9.24. The molecule has 0 aliphatic heterocycles. The molecule has 16 heavy (non-hydrogen) atoms. The SMILES string of the molecule is Cn1nccc1-c1cn(C2CC(O)C2)nn1. The summed E-state index contributed by atoms with van der Waals surface area (Å²) in [5.74, 6) is 0. The number of aryl methyl sites for hydroxylation is 1. The second-order valence-corrected chi connectivity index (χ2v) is 4.20. The molecule has 1 aliphatic carbocycles. The Bertz CT molecular complexity index is 497. The van der Waals surface area contributed by atoms with Crippen LogP contribution in [0.2, 0.25) is 0 Å². The Morgan fingerprint density at radius 3 is 2.88 bits per heavy atom. The predicted octanol–water partition coefficient (Wildman–Crippen LogP) is 0.374. The van der Waals surface area contributed by atoms with Crippen LogP contribution in [-0.4, -0.2) is 36.0 Å². The number of aromatic nitrogens is 5. The average Bonchev–Trinajstić information content (AvgIpc) is 2.81. The first-order valence-electron chi connectivity index (χ1n) is 5.32. The Labute approximate surface area is 92.5 Å². The molecule has 1 aliphatic rings. The number of aliphatic hydroxyl groups is 1. The molecule has 2 aromatic rings. The van der Waals surface area contributed by atoms with Crippen LogP contribution < -0.4 is 0 Å². The van der Waals surface area contributed by atoms with Crippen molar-refractivity contribution in [2.75, 3.05) is 0 Å². The van der Waals surface area contributed by atoms with Crippen molar-refractivity contribution >= 4 is 0 Å². The number of nitrogens with zero attached hydrogens (tertiary/aromatic N) is 5. The summed E-state index contributed by atoms with van der Waals surface area (Å²) in [6.07, 6.45) is 5.02. The molecule has 84 valence electrons. The van der Waals surface area contributed by atoms with Gasteiger partial charge < -0.3 is 5.11 Å². The highest BCUT2D eigenvalue weighted by Crippen LogP contribution is 2.31. The quantitative estimate of drug-likeness (QED) is 0.792. The average molecular weight is 219 g/mol. The lowest BCUT2D eigenvalue weighted by Gasteiger charge is -2.30. The molecular weight excluding hydrogens is 206 g/mol. The summed E-state index contributed by atoms with van der Waals surface area (Å²) < 4.78 is 3.60. The fourth-order valence-electron chi connectivity index (χ4n) is 1.97. The van der Waals surface area contributed by atoms with Crippen LogP contribution in [0.3, 0.4) is 0 Å². The summed E-state index contributed by atoms with van der Waals surface area (Å²) in [4.78, 5) is 0. The van der Waals surface area contributed by atoms with E-state index in [-0.39, 0.29) is 6.10 Å². The highest BCUT2D eigenvalue weighted by Gasteiger charge is 2.29. The van der Waals surface area contributed by atoms with Crippen LogP contribution in [0.15, 0.2) is 18.5 Å². The van der Waals surface area contributed by atoms with Gasteiger partial charge in [0.25, 0.3) is 0 Å². The highest BCUT2D eigenvalue weighted by atomic mass is 16.3. The molecule has 1 fully saturated rings. The molecule has 0 atom stereocenters. The van der Waals surface area contributed by atoms with Crippen molar-refractivity contribution in [1.82, 2.24) is 24.8 Å². The van der Waals surface area contributed by atoms with Gasteiger partial charge in [-0.3, -0.25) is 4.68 Å². The van der Waals surface area contributed by atoms with Crippen LogP contribution in [0.1, 0.15) is 18.9 Å². The minimum atomic E-state index is -0.172. The second-order valence-electron chi connectivity index (χ2n) is 4.20. The van der Waals surface area contributed by atoms with Crippen molar-refractivity contribution in [1.29, 1.82) is 0 Å². The highest BCUT2D eigenvalue weighted by molar-refractivity contribution is 5.51. The van der Waals surface area contributed by atoms with Gasteiger partial charge in [-0.25, -0.2) is 4.68 Å². The van der Waals surface area contributed by atoms with E-state index in [0.717, 1.165) is 24.2 Å². The zero-order chi connectivity index (χ0) is 11.1. The Kier molecular flexibility index (Phi) is 2.03. The first-order valence-corrected chi connectivity index (χ1v) is 5.32. The van der Waals surface area contributed by atoms with Gasteiger partial charge >= 0.3 is 0 Å². The maximum absolute atomic E-state index is 9.24. The summed E-state index contributed by atoms with van der Waals surface area (Å²) in [6.45, 7) is 0. The minimum absolute atomic E-state index is 0.172. The van der Waals surface area contributed by atoms with Crippen LogP contribution in [-0.2, 0) is 7.05 Å². The van der Waals surface area contributed by atoms with Gasteiger partial charge in [-0.1, -0.05) is 5.21 Å². The number of aliphatic hydroxyl groups excluding tert-OH is 1. The van der Waals surface area contributed by atoms with E-state index in [9.17, 15) is 5.11 Å². The van der Waals surface area contributed by atoms with Gasteiger partial charge in [0.05, 0.1) is 24.0 Å². The predicted molar refractivity (Wildman–Crippen MR) is 56.5 cm³/mol. The number of hydrogen-bond acceptors (Lipinski definition) is 4. The Morgan fingerprint density at radius 2 is 2.25 bits per heavy atom. The van der Waals surface area contributed by atoms with Crippen LogP contribution in [0.4, 0.5) is 0 Å². The first kappa shape index (κ1) is 9.53. The smallest absolute Gasteiger partial charge is 0.131 e. The van der Waals surface area contributed by atoms with Gasteiger partial charge in [0.2, 0.25) is 0 Å². The lowest BCUT2D eigenvalue weighted by Crippen LogP contribution is -2.31. The molecule has 1 saturated carbocycles. The normalized spacial score (nSPS) is 24.4. The van der Waals surface area contributed by atoms with E-state index < -0.39 is 0 Å².